The summed E-state index contributed by atoms with van der Waals surface area (Å²) in [4.78, 5) is 10.9. The first-order valence-corrected chi connectivity index (χ1v) is 4.39. The van der Waals surface area contributed by atoms with E-state index in [4.69, 9.17) is 6.57 Å². The molecule has 13 heavy (non-hydrogen) atoms. The largest absolute Gasteiger partial charge is 0.375 e. The Morgan fingerprint density at radius 1 is 1.62 bits per heavy atom. The SMILES string of the molecule is [C-]#[N+]C[C@@](C)(O)c1ncc(Br)cn1. The monoisotopic (exact) mass is 241 g/mol. The van der Waals surface area contributed by atoms with Gasteiger partial charge in [-0.2, -0.15) is 0 Å². The van der Waals surface area contributed by atoms with E-state index in [2.05, 4.69) is 30.7 Å². The van der Waals surface area contributed by atoms with E-state index in [1.165, 1.54) is 6.92 Å². The highest BCUT2D eigenvalue weighted by Gasteiger charge is 2.29. The van der Waals surface area contributed by atoms with Gasteiger partial charge in [-0.25, -0.2) is 16.5 Å². The third kappa shape index (κ3) is 2.47. The molecular formula is C8H8BrN3O. The van der Waals surface area contributed by atoms with Gasteiger partial charge in [0.05, 0.1) is 4.47 Å². The molecular weight excluding hydrogens is 234 g/mol. The summed E-state index contributed by atoms with van der Waals surface area (Å²) in [7, 11) is 0. The Bertz CT molecular complexity index is 328. The Balaban J connectivity index is 2.95. The van der Waals surface area contributed by atoms with E-state index in [1.807, 2.05) is 0 Å². The van der Waals surface area contributed by atoms with Crippen LogP contribution in [0.2, 0.25) is 0 Å². The van der Waals surface area contributed by atoms with Gasteiger partial charge in [0, 0.05) is 12.4 Å². The van der Waals surface area contributed by atoms with Crippen molar-refractivity contribution in [3.63, 3.8) is 0 Å². The maximum atomic E-state index is 9.72. The average molecular weight is 242 g/mol. The van der Waals surface area contributed by atoms with Crippen molar-refractivity contribution >= 4 is 15.9 Å². The van der Waals surface area contributed by atoms with Crippen LogP contribution in [-0.4, -0.2) is 21.6 Å². The fraction of sp³-hybridized carbons (Fsp3) is 0.375. The molecule has 1 atom stereocenters. The standard InChI is InChI=1S/C8H8BrN3O/c1-8(13,5-10-2)7-11-3-6(9)4-12-7/h3-4,13H,5H2,1H3/t8-/m1/s1. The lowest BCUT2D eigenvalue weighted by Crippen LogP contribution is -2.27. The zero-order chi connectivity index (χ0) is 9.90. The predicted molar refractivity (Wildman–Crippen MR) is 50.8 cm³/mol. The number of halogens is 1. The number of hydrogen-bond donors (Lipinski definition) is 1. The van der Waals surface area contributed by atoms with Gasteiger partial charge in [-0.05, 0) is 22.9 Å². The van der Waals surface area contributed by atoms with E-state index in [1.54, 1.807) is 12.4 Å². The van der Waals surface area contributed by atoms with Crippen molar-refractivity contribution < 1.29 is 5.11 Å². The zero-order valence-corrected chi connectivity index (χ0v) is 8.61. The van der Waals surface area contributed by atoms with Crippen molar-refractivity contribution in [1.82, 2.24) is 9.97 Å². The lowest BCUT2D eigenvalue weighted by atomic mass is 10.1. The van der Waals surface area contributed by atoms with E-state index in [-0.39, 0.29) is 12.4 Å². The van der Waals surface area contributed by atoms with Gasteiger partial charge >= 0.3 is 0 Å². The second-order valence-electron chi connectivity index (χ2n) is 2.81. The van der Waals surface area contributed by atoms with Gasteiger partial charge in [0.25, 0.3) is 0 Å². The van der Waals surface area contributed by atoms with Crippen molar-refractivity contribution in [3.8, 4) is 0 Å². The summed E-state index contributed by atoms with van der Waals surface area (Å²) in [6.45, 7) is 8.14. The summed E-state index contributed by atoms with van der Waals surface area (Å²) >= 11 is 3.18. The second kappa shape index (κ2) is 3.81. The highest BCUT2D eigenvalue weighted by atomic mass is 79.9. The zero-order valence-electron chi connectivity index (χ0n) is 7.03. The van der Waals surface area contributed by atoms with E-state index < -0.39 is 5.60 Å². The fourth-order valence-corrected chi connectivity index (χ4v) is 1.02. The van der Waals surface area contributed by atoms with Gasteiger partial charge < -0.3 is 9.95 Å². The number of aromatic nitrogens is 2. The quantitative estimate of drug-likeness (QED) is 0.796. The molecule has 0 spiro atoms. The molecule has 1 N–H and O–H groups in total. The Hall–Kier alpha value is -0.990. The molecule has 4 nitrogen and oxygen atoms in total. The Morgan fingerprint density at radius 2 is 2.15 bits per heavy atom. The molecule has 1 aromatic heterocycles. The smallest absolute Gasteiger partial charge is 0.250 e. The van der Waals surface area contributed by atoms with Gasteiger partial charge in [0.1, 0.15) is 0 Å². The van der Waals surface area contributed by atoms with E-state index in [0.717, 1.165) is 4.47 Å². The van der Waals surface area contributed by atoms with Gasteiger partial charge in [0.2, 0.25) is 6.54 Å². The van der Waals surface area contributed by atoms with Crippen molar-refractivity contribution in [3.05, 3.63) is 34.1 Å². The highest BCUT2D eigenvalue weighted by Crippen LogP contribution is 2.17. The number of nitrogens with zero attached hydrogens (tertiary/aromatic N) is 3. The third-order valence-electron chi connectivity index (χ3n) is 1.49. The van der Waals surface area contributed by atoms with Crippen LogP contribution in [-0.2, 0) is 5.60 Å². The topological polar surface area (TPSA) is 50.4 Å². The maximum absolute atomic E-state index is 9.72. The minimum Gasteiger partial charge on any atom is -0.375 e. The molecule has 0 aliphatic carbocycles. The molecule has 0 amide bonds. The average Bonchev–Trinajstić information content (AvgIpc) is 2.05. The van der Waals surface area contributed by atoms with Gasteiger partial charge in [-0.3, -0.25) is 0 Å². The Labute approximate surface area is 84.6 Å². The molecule has 68 valence electrons. The van der Waals surface area contributed by atoms with Gasteiger partial charge in [0.15, 0.2) is 11.4 Å². The minimum atomic E-state index is -1.26. The summed E-state index contributed by atoms with van der Waals surface area (Å²) in [5.74, 6) is 0.270. The van der Waals surface area contributed by atoms with Crippen molar-refractivity contribution in [2.75, 3.05) is 6.54 Å². The normalized spacial score (nSPS) is 14.6. The van der Waals surface area contributed by atoms with Crippen molar-refractivity contribution in [2.24, 2.45) is 0 Å². The molecule has 0 aliphatic heterocycles. The molecule has 0 aromatic carbocycles. The first-order valence-electron chi connectivity index (χ1n) is 3.60. The minimum absolute atomic E-state index is 0.0331. The summed E-state index contributed by atoms with van der Waals surface area (Å²) in [6.07, 6.45) is 3.08. The van der Waals surface area contributed by atoms with Crippen LogP contribution in [0, 0.1) is 6.57 Å². The van der Waals surface area contributed by atoms with Crippen LogP contribution >= 0.6 is 15.9 Å². The summed E-state index contributed by atoms with van der Waals surface area (Å²) in [6, 6.07) is 0. The second-order valence-corrected chi connectivity index (χ2v) is 3.73. The molecule has 0 fully saturated rings. The van der Waals surface area contributed by atoms with Crippen LogP contribution < -0.4 is 0 Å². The summed E-state index contributed by atoms with van der Waals surface area (Å²) in [5.41, 5.74) is -1.26. The first-order chi connectivity index (χ1) is 6.06. The van der Waals surface area contributed by atoms with Crippen LogP contribution in [0.4, 0.5) is 0 Å². The van der Waals surface area contributed by atoms with Crippen LogP contribution in [0.5, 0.6) is 0 Å². The van der Waals surface area contributed by atoms with E-state index in [0.29, 0.717) is 0 Å². The predicted octanol–water partition coefficient (Wildman–Crippen LogP) is 1.37. The molecule has 1 rings (SSSR count). The summed E-state index contributed by atoms with van der Waals surface area (Å²) < 4.78 is 0.745. The first kappa shape index (κ1) is 10.1. The molecule has 0 aliphatic rings. The Morgan fingerprint density at radius 3 is 2.62 bits per heavy atom. The number of rotatable bonds is 2. The molecule has 0 saturated carbocycles. The molecule has 1 heterocycles. The van der Waals surface area contributed by atoms with Gasteiger partial charge in [-0.15, -0.1) is 0 Å². The van der Waals surface area contributed by atoms with E-state index >= 15 is 0 Å². The van der Waals surface area contributed by atoms with Crippen LogP contribution in [0.15, 0.2) is 16.9 Å². The van der Waals surface area contributed by atoms with Crippen LogP contribution in [0.3, 0.4) is 0 Å². The summed E-state index contributed by atoms with van der Waals surface area (Å²) in [5, 5.41) is 9.72. The molecule has 0 saturated heterocycles. The van der Waals surface area contributed by atoms with Crippen LogP contribution in [0.1, 0.15) is 12.7 Å². The van der Waals surface area contributed by atoms with Crippen molar-refractivity contribution in [1.29, 1.82) is 0 Å². The van der Waals surface area contributed by atoms with Crippen LogP contribution in [0.25, 0.3) is 4.85 Å². The molecule has 0 radical (unpaired) electrons. The molecule has 0 bridgehead atoms. The molecule has 0 unspecified atom stereocenters. The molecule has 5 heteroatoms. The lowest BCUT2D eigenvalue weighted by Gasteiger charge is -2.14. The lowest BCUT2D eigenvalue weighted by molar-refractivity contribution is 0.0652. The fourth-order valence-electron chi connectivity index (χ4n) is 0.815. The van der Waals surface area contributed by atoms with E-state index in [9.17, 15) is 5.11 Å². The molecule has 1 aromatic rings. The Kier molecular flexibility index (Phi) is 2.96. The van der Waals surface area contributed by atoms with Gasteiger partial charge in [-0.1, -0.05) is 0 Å². The van der Waals surface area contributed by atoms with Crippen molar-refractivity contribution in [2.45, 2.75) is 12.5 Å². The number of hydrogen-bond acceptors (Lipinski definition) is 3. The highest BCUT2D eigenvalue weighted by molar-refractivity contribution is 9.10. The maximum Gasteiger partial charge on any atom is 0.250 e. The third-order valence-corrected chi connectivity index (χ3v) is 1.90. The number of aliphatic hydroxyl groups is 1.